The van der Waals surface area contributed by atoms with Crippen molar-refractivity contribution in [1.29, 1.82) is 0 Å². The first-order valence-electron chi connectivity index (χ1n) is 5.65. The van der Waals surface area contributed by atoms with E-state index in [-0.39, 0.29) is 17.4 Å². The predicted molar refractivity (Wildman–Crippen MR) is 66.7 cm³/mol. The van der Waals surface area contributed by atoms with Crippen LogP contribution < -0.4 is 11.3 Å². The van der Waals surface area contributed by atoms with Crippen LogP contribution in [-0.4, -0.2) is 9.97 Å². The van der Waals surface area contributed by atoms with E-state index in [4.69, 9.17) is 5.73 Å². The molecule has 1 heterocycles. The van der Waals surface area contributed by atoms with Crippen molar-refractivity contribution >= 4 is 0 Å². The summed E-state index contributed by atoms with van der Waals surface area (Å²) in [6, 6.07) is 7.17. The number of nitrogens with one attached hydrogen (secondary N) is 1. The lowest BCUT2D eigenvalue weighted by molar-refractivity contribution is 0.627. The second kappa shape index (κ2) is 5.10. The Bertz CT molecular complexity index is 590. The minimum Gasteiger partial charge on any atom is -0.323 e. The van der Waals surface area contributed by atoms with Crippen molar-refractivity contribution in [1.82, 2.24) is 9.97 Å². The standard InChI is InChI=1S/C13H14FN3O/c1-8(15)11-7-13(18)17-12(16-11)6-9-2-4-10(14)5-3-9/h2-5,7-8H,6,15H2,1H3,(H,16,17,18). The Morgan fingerprint density at radius 3 is 2.67 bits per heavy atom. The molecular weight excluding hydrogens is 233 g/mol. The van der Waals surface area contributed by atoms with Crippen LogP contribution in [0.25, 0.3) is 0 Å². The number of rotatable bonds is 3. The monoisotopic (exact) mass is 247 g/mol. The van der Waals surface area contributed by atoms with Gasteiger partial charge in [0.2, 0.25) is 0 Å². The molecule has 0 radical (unpaired) electrons. The number of H-pyrrole nitrogens is 1. The molecule has 3 N–H and O–H groups in total. The summed E-state index contributed by atoms with van der Waals surface area (Å²) in [7, 11) is 0. The molecular formula is C13H14FN3O. The third-order valence-electron chi connectivity index (χ3n) is 2.56. The highest BCUT2D eigenvalue weighted by Crippen LogP contribution is 2.08. The van der Waals surface area contributed by atoms with Gasteiger partial charge in [-0.3, -0.25) is 4.79 Å². The summed E-state index contributed by atoms with van der Waals surface area (Å²) < 4.78 is 12.8. The van der Waals surface area contributed by atoms with Crippen LogP contribution in [0.15, 0.2) is 35.1 Å². The second-order valence-electron chi connectivity index (χ2n) is 4.21. The van der Waals surface area contributed by atoms with Crippen LogP contribution in [0.3, 0.4) is 0 Å². The lowest BCUT2D eigenvalue weighted by Crippen LogP contribution is -2.17. The van der Waals surface area contributed by atoms with Gasteiger partial charge in [0, 0.05) is 18.5 Å². The second-order valence-corrected chi connectivity index (χ2v) is 4.21. The molecule has 1 unspecified atom stereocenters. The Hall–Kier alpha value is -2.01. The van der Waals surface area contributed by atoms with E-state index in [0.29, 0.717) is 17.9 Å². The largest absolute Gasteiger partial charge is 0.323 e. The van der Waals surface area contributed by atoms with Crippen molar-refractivity contribution in [2.75, 3.05) is 0 Å². The van der Waals surface area contributed by atoms with Crippen LogP contribution in [0.2, 0.25) is 0 Å². The summed E-state index contributed by atoms with van der Waals surface area (Å²) in [5.41, 5.74) is 6.90. The number of nitrogens with two attached hydrogens (primary N) is 1. The number of halogens is 1. The van der Waals surface area contributed by atoms with Crippen molar-refractivity contribution in [3.05, 3.63) is 63.6 Å². The molecule has 0 saturated carbocycles. The average molecular weight is 247 g/mol. The summed E-state index contributed by atoms with van der Waals surface area (Å²) >= 11 is 0. The van der Waals surface area contributed by atoms with Crippen LogP contribution in [0.4, 0.5) is 4.39 Å². The van der Waals surface area contributed by atoms with Gasteiger partial charge in [-0.05, 0) is 24.6 Å². The lowest BCUT2D eigenvalue weighted by Gasteiger charge is -2.07. The zero-order valence-electron chi connectivity index (χ0n) is 9.98. The highest BCUT2D eigenvalue weighted by molar-refractivity contribution is 5.20. The SMILES string of the molecule is CC(N)c1cc(=O)[nH]c(Cc2ccc(F)cc2)n1. The molecule has 0 amide bonds. The minimum absolute atomic E-state index is 0.227. The quantitative estimate of drug-likeness (QED) is 0.863. The zero-order valence-corrected chi connectivity index (χ0v) is 9.98. The lowest BCUT2D eigenvalue weighted by atomic mass is 10.1. The maximum absolute atomic E-state index is 12.8. The van der Waals surface area contributed by atoms with Gasteiger partial charge in [0.1, 0.15) is 11.6 Å². The molecule has 5 heteroatoms. The summed E-state index contributed by atoms with van der Waals surface area (Å²) in [6.45, 7) is 1.77. The maximum atomic E-state index is 12.8. The van der Waals surface area contributed by atoms with Crippen molar-refractivity contribution in [2.45, 2.75) is 19.4 Å². The molecule has 0 aliphatic carbocycles. The Morgan fingerprint density at radius 1 is 1.39 bits per heavy atom. The average Bonchev–Trinajstić information content (AvgIpc) is 2.31. The Morgan fingerprint density at radius 2 is 2.06 bits per heavy atom. The summed E-state index contributed by atoms with van der Waals surface area (Å²) in [5, 5.41) is 0. The zero-order chi connectivity index (χ0) is 13.1. The van der Waals surface area contributed by atoms with Crippen LogP contribution in [-0.2, 0) is 6.42 Å². The molecule has 0 aliphatic rings. The third kappa shape index (κ3) is 3.01. The molecule has 1 aromatic heterocycles. The number of aromatic nitrogens is 2. The maximum Gasteiger partial charge on any atom is 0.251 e. The van der Waals surface area contributed by atoms with Gasteiger partial charge in [0.15, 0.2) is 0 Å². The Labute approximate surface area is 104 Å². The van der Waals surface area contributed by atoms with Gasteiger partial charge in [-0.25, -0.2) is 9.37 Å². The molecule has 0 saturated heterocycles. The highest BCUT2D eigenvalue weighted by Gasteiger charge is 2.06. The van der Waals surface area contributed by atoms with Gasteiger partial charge in [-0.2, -0.15) is 0 Å². The van der Waals surface area contributed by atoms with Gasteiger partial charge < -0.3 is 10.7 Å². The number of hydrogen-bond donors (Lipinski definition) is 2. The van der Waals surface area contributed by atoms with Crippen LogP contribution >= 0.6 is 0 Å². The fraction of sp³-hybridized carbons (Fsp3) is 0.231. The number of aromatic amines is 1. The molecule has 0 aliphatic heterocycles. The minimum atomic E-state index is -0.292. The third-order valence-corrected chi connectivity index (χ3v) is 2.56. The topological polar surface area (TPSA) is 71.8 Å². The van der Waals surface area contributed by atoms with Gasteiger partial charge in [-0.1, -0.05) is 12.1 Å². The van der Waals surface area contributed by atoms with Crippen molar-refractivity contribution in [2.24, 2.45) is 5.73 Å². The number of benzene rings is 1. The van der Waals surface area contributed by atoms with Gasteiger partial charge >= 0.3 is 0 Å². The Balaban J connectivity index is 2.28. The highest BCUT2D eigenvalue weighted by atomic mass is 19.1. The van der Waals surface area contributed by atoms with Crippen LogP contribution in [0.5, 0.6) is 0 Å². The molecule has 1 aromatic carbocycles. The van der Waals surface area contributed by atoms with E-state index in [0.717, 1.165) is 5.56 Å². The number of nitrogens with zero attached hydrogens (tertiary/aromatic N) is 1. The molecule has 18 heavy (non-hydrogen) atoms. The molecule has 0 spiro atoms. The molecule has 0 bridgehead atoms. The van der Waals surface area contributed by atoms with Crippen molar-refractivity contribution in [3.63, 3.8) is 0 Å². The fourth-order valence-electron chi connectivity index (χ4n) is 1.64. The molecule has 2 rings (SSSR count). The van der Waals surface area contributed by atoms with E-state index >= 15 is 0 Å². The van der Waals surface area contributed by atoms with E-state index in [9.17, 15) is 9.18 Å². The molecule has 1 atom stereocenters. The number of hydrogen-bond acceptors (Lipinski definition) is 3. The molecule has 4 nitrogen and oxygen atoms in total. The first-order chi connectivity index (χ1) is 8.54. The van der Waals surface area contributed by atoms with E-state index in [2.05, 4.69) is 9.97 Å². The first-order valence-corrected chi connectivity index (χ1v) is 5.65. The van der Waals surface area contributed by atoms with E-state index < -0.39 is 0 Å². The summed E-state index contributed by atoms with van der Waals surface area (Å²) in [4.78, 5) is 18.4. The van der Waals surface area contributed by atoms with Crippen molar-refractivity contribution in [3.8, 4) is 0 Å². The predicted octanol–water partition coefficient (Wildman–Crippen LogP) is 1.52. The fourth-order valence-corrected chi connectivity index (χ4v) is 1.64. The van der Waals surface area contributed by atoms with Crippen LogP contribution in [0, 0.1) is 5.82 Å². The molecule has 94 valence electrons. The van der Waals surface area contributed by atoms with E-state index in [1.165, 1.54) is 18.2 Å². The van der Waals surface area contributed by atoms with Gasteiger partial charge in [0.25, 0.3) is 5.56 Å². The normalized spacial score (nSPS) is 12.4. The Kier molecular flexibility index (Phi) is 3.53. The molecule has 2 aromatic rings. The van der Waals surface area contributed by atoms with Gasteiger partial charge in [-0.15, -0.1) is 0 Å². The van der Waals surface area contributed by atoms with Crippen molar-refractivity contribution < 1.29 is 4.39 Å². The molecule has 0 fully saturated rings. The van der Waals surface area contributed by atoms with Gasteiger partial charge in [0.05, 0.1) is 5.69 Å². The first kappa shape index (κ1) is 12.4. The van der Waals surface area contributed by atoms with E-state index in [1.54, 1.807) is 19.1 Å². The summed E-state index contributed by atoms with van der Waals surface area (Å²) in [6.07, 6.45) is 0.441. The summed E-state index contributed by atoms with van der Waals surface area (Å²) in [5.74, 6) is 0.242. The van der Waals surface area contributed by atoms with E-state index in [1.807, 2.05) is 0 Å². The smallest absolute Gasteiger partial charge is 0.251 e. The van der Waals surface area contributed by atoms with Crippen LogP contribution in [0.1, 0.15) is 30.0 Å².